The number of nitrogens with zero attached hydrogens (tertiary/aromatic N) is 1. The highest BCUT2D eigenvalue weighted by Gasteiger charge is 2.04. The van der Waals surface area contributed by atoms with Gasteiger partial charge in [-0.15, -0.1) is 0 Å². The van der Waals surface area contributed by atoms with Gasteiger partial charge < -0.3 is 10.0 Å². The van der Waals surface area contributed by atoms with Crippen LogP contribution in [0.25, 0.3) is 0 Å². The largest absolute Gasteiger partial charge is 0.396 e. The first-order valence-corrected chi connectivity index (χ1v) is 4.53. The van der Waals surface area contributed by atoms with Gasteiger partial charge in [0.1, 0.15) is 0 Å². The van der Waals surface area contributed by atoms with Gasteiger partial charge in [0.2, 0.25) is 0 Å². The summed E-state index contributed by atoms with van der Waals surface area (Å²) in [7, 11) is 2.14. The quantitative estimate of drug-likeness (QED) is 0.593. The van der Waals surface area contributed by atoms with Crippen LogP contribution in [0.1, 0.15) is 33.1 Å². The molecule has 0 aromatic carbocycles. The molecule has 0 bridgehead atoms. The van der Waals surface area contributed by atoms with Gasteiger partial charge in [-0.25, -0.2) is 0 Å². The second-order valence-electron chi connectivity index (χ2n) is 3.17. The second kappa shape index (κ2) is 6.62. The average molecular weight is 159 g/mol. The number of unbranched alkanes of at least 4 members (excludes halogenated alkanes) is 1. The Morgan fingerprint density at radius 3 is 2.45 bits per heavy atom. The molecule has 0 aliphatic heterocycles. The fraction of sp³-hybridized carbons (Fsp3) is 1.00. The molecule has 0 aromatic heterocycles. The normalized spacial score (nSPS) is 13.9. The third-order valence-corrected chi connectivity index (χ3v) is 2.26. The summed E-state index contributed by atoms with van der Waals surface area (Å²) in [6.45, 7) is 5.87. The molecule has 1 N–H and O–H groups in total. The van der Waals surface area contributed by atoms with Gasteiger partial charge in [0.05, 0.1) is 0 Å². The first-order valence-electron chi connectivity index (χ1n) is 4.53. The van der Waals surface area contributed by atoms with E-state index in [-0.39, 0.29) is 0 Å². The molecule has 68 valence electrons. The van der Waals surface area contributed by atoms with Gasteiger partial charge >= 0.3 is 0 Å². The Labute approximate surface area is 70.2 Å². The molecule has 0 spiro atoms. The zero-order valence-electron chi connectivity index (χ0n) is 8.01. The van der Waals surface area contributed by atoms with E-state index in [1.807, 2.05) is 0 Å². The van der Waals surface area contributed by atoms with E-state index in [0.717, 1.165) is 19.4 Å². The highest BCUT2D eigenvalue weighted by atomic mass is 16.2. The number of aliphatic hydroxyl groups excluding tert-OH is 1. The topological polar surface area (TPSA) is 23.5 Å². The van der Waals surface area contributed by atoms with E-state index in [1.54, 1.807) is 0 Å². The second-order valence-corrected chi connectivity index (χ2v) is 3.17. The molecule has 0 aliphatic rings. The third-order valence-electron chi connectivity index (χ3n) is 2.26. The lowest BCUT2D eigenvalue weighted by Gasteiger charge is -2.22. The molecule has 1 atom stereocenters. The molecule has 0 saturated carbocycles. The predicted octanol–water partition coefficient (Wildman–Crippen LogP) is 1.49. The molecule has 11 heavy (non-hydrogen) atoms. The molecule has 0 rings (SSSR count). The van der Waals surface area contributed by atoms with Crippen LogP contribution in [0.15, 0.2) is 0 Å². The number of aliphatic hydroxyl groups is 1. The van der Waals surface area contributed by atoms with Crippen molar-refractivity contribution in [2.24, 2.45) is 0 Å². The van der Waals surface area contributed by atoms with Gasteiger partial charge in [-0.1, -0.05) is 6.92 Å². The van der Waals surface area contributed by atoms with Crippen molar-refractivity contribution in [3.05, 3.63) is 0 Å². The molecule has 2 heteroatoms. The Hall–Kier alpha value is -0.0800. The van der Waals surface area contributed by atoms with Crippen LogP contribution >= 0.6 is 0 Å². The van der Waals surface area contributed by atoms with E-state index in [1.165, 1.54) is 6.42 Å². The molecule has 1 unspecified atom stereocenters. The molecule has 0 heterocycles. The standard InChI is InChI=1S/C9H21NO/c1-4-9(2)10(3)7-5-6-8-11/h9,11H,4-8H2,1-3H3. The van der Waals surface area contributed by atoms with Gasteiger partial charge in [0.15, 0.2) is 0 Å². The molecular formula is C9H21NO. The van der Waals surface area contributed by atoms with Gasteiger partial charge in [0.25, 0.3) is 0 Å². The molecule has 0 fully saturated rings. The fourth-order valence-electron chi connectivity index (χ4n) is 1.01. The lowest BCUT2D eigenvalue weighted by Crippen LogP contribution is -2.29. The minimum absolute atomic E-state index is 0.328. The lowest BCUT2D eigenvalue weighted by atomic mass is 10.2. The van der Waals surface area contributed by atoms with Crippen molar-refractivity contribution in [1.29, 1.82) is 0 Å². The van der Waals surface area contributed by atoms with Crippen molar-refractivity contribution in [2.75, 3.05) is 20.2 Å². The van der Waals surface area contributed by atoms with Crippen LogP contribution in [0.3, 0.4) is 0 Å². The summed E-state index contributed by atoms with van der Waals surface area (Å²) in [4.78, 5) is 2.34. The fourth-order valence-corrected chi connectivity index (χ4v) is 1.01. The van der Waals surface area contributed by atoms with Crippen LogP contribution in [0.2, 0.25) is 0 Å². The van der Waals surface area contributed by atoms with E-state index in [9.17, 15) is 0 Å². The molecule has 0 saturated heterocycles. The number of hydrogen-bond acceptors (Lipinski definition) is 2. The Bertz CT molecular complexity index is 85.6. The molecule has 0 aromatic rings. The Morgan fingerprint density at radius 2 is 2.00 bits per heavy atom. The van der Waals surface area contributed by atoms with Crippen molar-refractivity contribution in [3.63, 3.8) is 0 Å². The molecule has 0 amide bonds. The van der Waals surface area contributed by atoms with Crippen LogP contribution in [0.5, 0.6) is 0 Å². The maximum atomic E-state index is 8.56. The van der Waals surface area contributed by atoms with Crippen LogP contribution in [-0.4, -0.2) is 36.2 Å². The average Bonchev–Trinajstić information content (AvgIpc) is 2.03. The number of rotatable bonds is 6. The molecular weight excluding hydrogens is 138 g/mol. The highest BCUT2D eigenvalue weighted by Crippen LogP contribution is 2.01. The van der Waals surface area contributed by atoms with Crippen molar-refractivity contribution < 1.29 is 5.11 Å². The number of hydrogen-bond donors (Lipinski definition) is 1. The summed E-state index contributed by atoms with van der Waals surface area (Å²) >= 11 is 0. The monoisotopic (exact) mass is 159 g/mol. The van der Waals surface area contributed by atoms with Crippen molar-refractivity contribution in [1.82, 2.24) is 4.90 Å². The maximum absolute atomic E-state index is 8.56. The summed E-state index contributed by atoms with van der Waals surface area (Å²) in [5.41, 5.74) is 0. The van der Waals surface area contributed by atoms with Crippen molar-refractivity contribution in [3.8, 4) is 0 Å². The summed E-state index contributed by atoms with van der Waals surface area (Å²) < 4.78 is 0. The summed E-state index contributed by atoms with van der Waals surface area (Å²) in [5, 5.41) is 8.56. The van der Waals surface area contributed by atoms with E-state index in [2.05, 4.69) is 25.8 Å². The van der Waals surface area contributed by atoms with Crippen LogP contribution in [-0.2, 0) is 0 Å². The van der Waals surface area contributed by atoms with Crippen molar-refractivity contribution >= 4 is 0 Å². The van der Waals surface area contributed by atoms with Crippen LogP contribution in [0.4, 0.5) is 0 Å². The summed E-state index contributed by atoms with van der Waals surface area (Å²) in [6.07, 6.45) is 3.24. The minimum Gasteiger partial charge on any atom is -0.396 e. The first-order chi connectivity index (χ1) is 5.22. The van der Waals surface area contributed by atoms with E-state index in [0.29, 0.717) is 12.6 Å². The van der Waals surface area contributed by atoms with Gasteiger partial charge in [-0.2, -0.15) is 0 Å². The molecule has 0 radical (unpaired) electrons. The van der Waals surface area contributed by atoms with Gasteiger partial charge in [-0.05, 0) is 39.8 Å². The van der Waals surface area contributed by atoms with Crippen LogP contribution < -0.4 is 0 Å². The van der Waals surface area contributed by atoms with Gasteiger partial charge in [0, 0.05) is 12.6 Å². The van der Waals surface area contributed by atoms with Gasteiger partial charge in [-0.3, -0.25) is 0 Å². The smallest absolute Gasteiger partial charge is 0.0431 e. The Morgan fingerprint density at radius 1 is 1.36 bits per heavy atom. The predicted molar refractivity (Wildman–Crippen MR) is 48.7 cm³/mol. The summed E-state index contributed by atoms with van der Waals surface area (Å²) in [5.74, 6) is 0. The first kappa shape index (κ1) is 10.9. The van der Waals surface area contributed by atoms with Crippen LogP contribution in [0, 0.1) is 0 Å². The Balaban J connectivity index is 3.28. The third kappa shape index (κ3) is 5.22. The van der Waals surface area contributed by atoms with Crippen molar-refractivity contribution in [2.45, 2.75) is 39.2 Å². The Kier molecular flexibility index (Phi) is 6.57. The maximum Gasteiger partial charge on any atom is 0.0431 e. The van der Waals surface area contributed by atoms with E-state index >= 15 is 0 Å². The molecule has 0 aliphatic carbocycles. The zero-order chi connectivity index (χ0) is 8.69. The van der Waals surface area contributed by atoms with E-state index < -0.39 is 0 Å². The zero-order valence-corrected chi connectivity index (χ0v) is 8.01. The van der Waals surface area contributed by atoms with E-state index in [4.69, 9.17) is 5.11 Å². The minimum atomic E-state index is 0.328. The molecule has 2 nitrogen and oxygen atoms in total. The lowest BCUT2D eigenvalue weighted by molar-refractivity contribution is 0.228. The summed E-state index contributed by atoms with van der Waals surface area (Å²) in [6, 6.07) is 0.675. The highest BCUT2D eigenvalue weighted by molar-refractivity contribution is 4.60. The SMILES string of the molecule is CCC(C)N(C)CCCCO.